The summed E-state index contributed by atoms with van der Waals surface area (Å²) < 4.78 is 3.89. The Morgan fingerprint density at radius 1 is 1.50 bits per heavy atom. The highest BCUT2D eigenvalue weighted by atomic mass is 15.3. The lowest BCUT2D eigenvalue weighted by Gasteiger charge is -2.12. The third-order valence-corrected chi connectivity index (χ3v) is 2.48. The highest BCUT2D eigenvalue weighted by Gasteiger charge is 2.03. The smallest absolute Gasteiger partial charge is 0.137 e. The minimum Gasteiger partial charge on any atom is -0.357 e. The van der Waals surface area contributed by atoms with E-state index in [9.17, 15) is 0 Å². The zero-order chi connectivity index (χ0) is 11.4. The van der Waals surface area contributed by atoms with Gasteiger partial charge in [0.15, 0.2) is 0 Å². The lowest BCUT2D eigenvalue weighted by Crippen LogP contribution is -2.30. The first-order chi connectivity index (χ1) is 7.74. The van der Waals surface area contributed by atoms with Crippen molar-refractivity contribution in [2.75, 3.05) is 0 Å². The summed E-state index contributed by atoms with van der Waals surface area (Å²) in [6, 6.07) is 2.50. The zero-order valence-electron chi connectivity index (χ0n) is 9.67. The lowest BCUT2D eigenvalue weighted by atomic mass is 10.3. The Kier molecular flexibility index (Phi) is 3.36. The van der Waals surface area contributed by atoms with Crippen LogP contribution in [0.2, 0.25) is 0 Å². The van der Waals surface area contributed by atoms with Crippen molar-refractivity contribution in [1.29, 1.82) is 0 Å². The molecule has 0 aromatic carbocycles. The van der Waals surface area contributed by atoms with Crippen LogP contribution in [0.5, 0.6) is 0 Å². The maximum atomic E-state index is 4.08. The Morgan fingerprint density at radius 3 is 3.00 bits per heavy atom. The molecule has 86 valence electrons. The Balaban J connectivity index is 1.77. The summed E-state index contributed by atoms with van der Waals surface area (Å²) in [4.78, 5) is 3.92. The average molecular weight is 219 g/mol. The molecule has 0 aliphatic rings. The molecule has 0 saturated heterocycles. The molecule has 1 N–H and O–H groups in total. The third kappa shape index (κ3) is 2.93. The number of hydrogen-bond acceptors (Lipinski definition) is 3. The van der Waals surface area contributed by atoms with Crippen molar-refractivity contribution >= 4 is 0 Å². The Bertz CT molecular complexity index is 417. The van der Waals surface area contributed by atoms with Crippen LogP contribution in [0.4, 0.5) is 0 Å². The Morgan fingerprint density at radius 2 is 2.38 bits per heavy atom. The minimum absolute atomic E-state index is 0.377. The molecule has 1 unspecified atom stereocenters. The van der Waals surface area contributed by atoms with Gasteiger partial charge in [0, 0.05) is 32.0 Å². The largest absolute Gasteiger partial charge is 0.357 e. The second kappa shape index (κ2) is 4.94. The first-order valence-corrected chi connectivity index (χ1v) is 5.40. The van der Waals surface area contributed by atoms with Crippen molar-refractivity contribution in [3.63, 3.8) is 0 Å². The van der Waals surface area contributed by atoms with Gasteiger partial charge in [-0.2, -0.15) is 5.10 Å². The fraction of sp³-hybridized carbons (Fsp3) is 0.455. The summed E-state index contributed by atoms with van der Waals surface area (Å²) in [6.07, 6.45) is 7.47. The summed E-state index contributed by atoms with van der Waals surface area (Å²) >= 11 is 0. The fourth-order valence-corrected chi connectivity index (χ4v) is 1.63. The highest BCUT2D eigenvalue weighted by molar-refractivity contribution is 5.09. The number of aromatic nitrogens is 4. The predicted molar refractivity (Wildman–Crippen MR) is 61.7 cm³/mol. The van der Waals surface area contributed by atoms with Gasteiger partial charge in [-0.3, -0.25) is 4.68 Å². The molecule has 0 radical (unpaired) electrons. The molecule has 0 spiro atoms. The number of aryl methyl sites for hydroxylation is 1. The standard InChI is InChI=1S/C11H17N5/c1-10(6-16-9-12-8-14-16)13-5-11-3-4-15(2)7-11/h3-4,7-10,13H,5-6H2,1-2H3. The number of hydrogen-bond donors (Lipinski definition) is 1. The molecule has 0 aliphatic heterocycles. The van der Waals surface area contributed by atoms with Crippen LogP contribution >= 0.6 is 0 Å². The van der Waals surface area contributed by atoms with Crippen LogP contribution in [0, 0.1) is 0 Å². The maximum Gasteiger partial charge on any atom is 0.137 e. The molecule has 0 aliphatic carbocycles. The minimum atomic E-state index is 0.377. The van der Waals surface area contributed by atoms with E-state index >= 15 is 0 Å². The molecular weight excluding hydrogens is 202 g/mol. The van der Waals surface area contributed by atoms with E-state index in [1.165, 1.54) is 5.56 Å². The lowest BCUT2D eigenvalue weighted by molar-refractivity contribution is 0.450. The van der Waals surface area contributed by atoms with Crippen LogP contribution in [0.15, 0.2) is 31.1 Å². The van der Waals surface area contributed by atoms with E-state index in [4.69, 9.17) is 0 Å². The zero-order valence-corrected chi connectivity index (χ0v) is 9.67. The molecule has 0 saturated carbocycles. The van der Waals surface area contributed by atoms with Crippen LogP contribution in [0.1, 0.15) is 12.5 Å². The molecule has 16 heavy (non-hydrogen) atoms. The van der Waals surface area contributed by atoms with Crippen LogP contribution in [0.25, 0.3) is 0 Å². The predicted octanol–water partition coefficient (Wildman–Crippen LogP) is 0.795. The van der Waals surface area contributed by atoms with Gasteiger partial charge in [-0.1, -0.05) is 0 Å². The van der Waals surface area contributed by atoms with Gasteiger partial charge in [0.25, 0.3) is 0 Å². The molecular formula is C11H17N5. The first kappa shape index (κ1) is 10.9. The molecule has 5 heteroatoms. The monoisotopic (exact) mass is 219 g/mol. The molecule has 2 heterocycles. The van der Waals surface area contributed by atoms with Gasteiger partial charge >= 0.3 is 0 Å². The second-order valence-corrected chi connectivity index (χ2v) is 4.08. The molecule has 0 fully saturated rings. The summed E-state index contributed by atoms with van der Waals surface area (Å²) in [5.74, 6) is 0. The summed E-state index contributed by atoms with van der Waals surface area (Å²) in [5.41, 5.74) is 1.30. The van der Waals surface area contributed by atoms with E-state index in [-0.39, 0.29) is 0 Å². The van der Waals surface area contributed by atoms with Gasteiger partial charge in [-0.25, -0.2) is 4.98 Å². The second-order valence-electron chi connectivity index (χ2n) is 4.08. The van der Waals surface area contributed by atoms with E-state index in [0.717, 1.165) is 13.1 Å². The average Bonchev–Trinajstić information content (AvgIpc) is 2.87. The molecule has 1 atom stereocenters. The van der Waals surface area contributed by atoms with Gasteiger partial charge in [0.2, 0.25) is 0 Å². The van der Waals surface area contributed by atoms with E-state index in [0.29, 0.717) is 6.04 Å². The molecule has 0 amide bonds. The van der Waals surface area contributed by atoms with E-state index in [2.05, 4.69) is 45.4 Å². The maximum absolute atomic E-state index is 4.08. The van der Waals surface area contributed by atoms with Crippen molar-refractivity contribution in [2.24, 2.45) is 7.05 Å². The van der Waals surface area contributed by atoms with Crippen molar-refractivity contribution in [2.45, 2.75) is 26.1 Å². The fourth-order valence-electron chi connectivity index (χ4n) is 1.63. The third-order valence-electron chi connectivity index (χ3n) is 2.48. The van der Waals surface area contributed by atoms with Crippen LogP contribution in [-0.2, 0) is 20.1 Å². The number of nitrogens with one attached hydrogen (secondary N) is 1. The highest BCUT2D eigenvalue weighted by Crippen LogP contribution is 1.99. The van der Waals surface area contributed by atoms with Gasteiger partial charge in [-0.05, 0) is 18.6 Å². The van der Waals surface area contributed by atoms with Crippen LogP contribution in [0.3, 0.4) is 0 Å². The molecule has 0 bridgehead atoms. The Labute approximate surface area is 95.1 Å². The van der Waals surface area contributed by atoms with Gasteiger partial charge in [0.1, 0.15) is 12.7 Å². The topological polar surface area (TPSA) is 47.7 Å². The molecule has 2 aromatic rings. The van der Waals surface area contributed by atoms with Crippen LogP contribution in [-0.4, -0.2) is 25.4 Å². The SMILES string of the molecule is CC(Cn1cncn1)NCc1ccn(C)c1. The van der Waals surface area contributed by atoms with Crippen LogP contribution < -0.4 is 5.32 Å². The first-order valence-electron chi connectivity index (χ1n) is 5.40. The summed E-state index contributed by atoms with van der Waals surface area (Å²) in [6.45, 7) is 3.87. The van der Waals surface area contributed by atoms with Gasteiger partial charge < -0.3 is 9.88 Å². The van der Waals surface area contributed by atoms with Gasteiger partial charge in [-0.15, -0.1) is 0 Å². The Hall–Kier alpha value is -1.62. The molecule has 2 rings (SSSR count). The van der Waals surface area contributed by atoms with E-state index in [1.54, 1.807) is 12.7 Å². The quantitative estimate of drug-likeness (QED) is 0.809. The van der Waals surface area contributed by atoms with Crippen molar-refractivity contribution < 1.29 is 0 Å². The number of rotatable bonds is 5. The summed E-state index contributed by atoms with van der Waals surface area (Å²) in [7, 11) is 2.03. The normalized spacial score (nSPS) is 12.9. The summed E-state index contributed by atoms with van der Waals surface area (Å²) in [5, 5.41) is 7.53. The molecule has 5 nitrogen and oxygen atoms in total. The van der Waals surface area contributed by atoms with Gasteiger partial charge in [0.05, 0.1) is 6.54 Å². The van der Waals surface area contributed by atoms with Crippen molar-refractivity contribution in [1.82, 2.24) is 24.6 Å². The number of nitrogens with zero attached hydrogens (tertiary/aromatic N) is 4. The molecule has 2 aromatic heterocycles. The van der Waals surface area contributed by atoms with E-state index in [1.807, 2.05) is 11.7 Å². The van der Waals surface area contributed by atoms with E-state index < -0.39 is 0 Å². The van der Waals surface area contributed by atoms with Crippen molar-refractivity contribution in [3.05, 3.63) is 36.7 Å². The van der Waals surface area contributed by atoms with Crippen molar-refractivity contribution in [3.8, 4) is 0 Å².